The number of hydrogen-bond donors (Lipinski definition) is 2. The van der Waals surface area contributed by atoms with E-state index in [0.717, 1.165) is 37.2 Å². The Kier molecular flexibility index (Phi) is 6.35. The predicted molar refractivity (Wildman–Crippen MR) is 104 cm³/mol. The van der Waals surface area contributed by atoms with Crippen LogP contribution in [0.1, 0.15) is 18.6 Å². The van der Waals surface area contributed by atoms with Gasteiger partial charge in [-0.25, -0.2) is 0 Å². The van der Waals surface area contributed by atoms with E-state index in [1.807, 2.05) is 12.1 Å². The number of nitrogens with zero attached hydrogens (tertiary/aromatic N) is 2. The van der Waals surface area contributed by atoms with E-state index in [1.165, 1.54) is 25.9 Å². The van der Waals surface area contributed by atoms with Gasteiger partial charge in [0.25, 0.3) is 0 Å². The maximum atomic E-state index is 5.42. The number of furan rings is 1. The normalized spacial score (nSPS) is 27.9. The van der Waals surface area contributed by atoms with Crippen molar-refractivity contribution in [2.24, 2.45) is 11.8 Å². The second-order valence-corrected chi connectivity index (χ2v) is 7.65. The van der Waals surface area contributed by atoms with Gasteiger partial charge in [0, 0.05) is 25.7 Å². The number of piperidine rings is 3. The first-order chi connectivity index (χ1) is 12.2. The number of nitrogens with one attached hydrogen (secondary N) is 2. The van der Waals surface area contributed by atoms with E-state index >= 15 is 0 Å². The molecule has 0 aliphatic carbocycles. The third-order valence-electron chi connectivity index (χ3n) is 5.42. The highest BCUT2D eigenvalue weighted by atomic mass is 32.1. The molecule has 3 saturated heterocycles. The van der Waals surface area contributed by atoms with Crippen LogP contribution in [0.2, 0.25) is 0 Å². The number of fused-ring (bicyclic) bond motifs is 3. The van der Waals surface area contributed by atoms with Crippen LogP contribution >= 0.6 is 12.2 Å². The highest BCUT2D eigenvalue weighted by Crippen LogP contribution is 2.36. The quantitative estimate of drug-likeness (QED) is 0.568. The predicted octanol–water partition coefficient (Wildman–Crippen LogP) is 1.52. The van der Waals surface area contributed by atoms with Crippen molar-refractivity contribution in [2.45, 2.75) is 25.4 Å². The molecule has 0 spiro atoms. The molecule has 4 rings (SSSR count). The van der Waals surface area contributed by atoms with Crippen molar-refractivity contribution in [3.8, 4) is 12.3 Å². The van der Waals surface area contributed by atoms with Crippen LogP contribution in [-0.4, -0.2) is 60.7 Å². The van der Waals surface area contributed by atoms with E-state index in [4.69, 9.17) is 23.1 Å². The summed E-state index contributed by atoms with van der Waals surface area (Å²) in [6.45, 7) is 5.77. The third-order valence-corrected chi connectivity index (χ3v) is 5.71. The van der Waals surface area contributed by atoms with Gasteiger partial charge in [0.1, 0.15) is 5.76 Å². The van der Waals surface area contributed by atoms with Crippen LogP contribution in [0, 0.1) is 24.2 Å². The fourth-order valence-electron chi connectivity index (χ4n) is 4.14. The summed E-state index contributed by atoms with van der Waals surface area (Å²) in [7, 11) is 2.12. The Morgan fingerprint density at radius 2 is 2.40 bits per heavy atom. The van der Waals surface area contributed by atoms with E-state index in [0.29, 0.717) is 17.7 Å². The molecule has 3 fully saturated rings. The van der Waals surface area contributed by atoms with Gasteiger partial charge in [-0.1, -0.05) is 5.92 Å². The summed E-state index contributed by atoms with van der Waals surface area (Å²) in [6, 6.07) is 4.41. The highest BCUT2D eigenvalue weighted by molar-refractivity contribution is 7.80. The van der Waals surface area contributed by atoms with Gasteiger partial charge in [0.05, 0.1) is 19.4 Å². The van der Waals surface area contributed by atoms with Gasteiger partial charge in [-0.05, 0) is 62.6 Å². The third kappa shape index (κ3) is 4.97. The fraction of sp³-hybridized carbons (Fsp3) is 0.632. The Labute approximate surface area is 156 Å². The molecular weight excluding hydrogens is 332 g/mol. The van der Waals surface area contributed by atoms with Crippen molar-refractivity contribution in [1.29, 1.82) is 0 Å². The molecule has 4 heterocycles. The largest absolute Gasteiger partial charge is 0.467 e. The highest BCUT2D eigenvalue weighted by Gasteiger charge is 2.40. The summed E-state index contributed by atoms with van der Waals surface area (Å²) < 4.78 is 5.30. The minimum atomic E-state index is 0.580. The Hall–Kier alpha value is -1.55. The number of terminal acetylenes is 1. The van der Waals surface area contributed by atoms with Crippen LogP contribution in [0.5, 0.6) is 0 Å². The zero-order chi connectivity index (χ0) is 17.6. The Morgan fingerprint density at radius 3 is 3.08 bits per heavy atom. The van der Waals surface area contributed by atoms with E-state index in [-0.39, 0.29) is 0 Å². The van der Waals surface area contributed by atoms with Gasteiger partial charge in [0.15, 0.2) is 5.11 Å². The molecule has 5 nitrogen and oxygen atoms in total. The molecule has 0 radical (unpaired) electrons. The molecule has 2 bridgehead atoms. The van der Waals surface area contributed by atoms with Crippen molar-refractivity contribution in [2.75, 3.05) is 39.8 Å². The maximum absolute atomic E-state index is 5.42. The molecule has 0 aromatic carbocycles. The summed E-state index contributed by atoms with van der Waals surface area (Å²) in [6.07, 6.45) is 9.66. The van der Waals surface area contributed by atoms with Gasteiger partial charge in [-0.15, -0.1) is 6.42 Å². The maximum Gasteiger partial charge on any atom is 0.166 e. The summed E-state index contributed by atoms with van der Waals surface area (Å²) in [5.74, 6) is 5.18. The van der Waals surface area contributed by atoms with E-state index in [2.05, 4.69) is 33.4 Å². The SMILES string of the molecule is C#CCN(C)C[C@H]1CN2CC[C@H]1C[C@@H]2CNC(=S)NCc1ccco1. The number of rotatable bonds is 7. The zero-order valence-electron chi connectivity index (χ0n) is 14.9. The van der Waals surface area contributed by atoms with Crippen LogP contribution in [0.4, 0.5) is 0 Å². The molecule has 136 valence electrons. The molecule has 1 unspecified atom stereocenters. The minimum absolute atomic E-state index is 0.580. The smallest absolute Gasteiger partial charge is 0.166 e. The van der Waals surface area contributed by atoms with E-state index < -0.39 is 0 Å². The number of thiocarbonyl (C=S) groups is 1. The Balaban J connectivity index is 1.40. The average Bonchev–Trinajstić information content (AvgIpc) is 3.13. The fourth-order valence-corrected chi connectivity index (χ4v) is 4.30. The topological polar surface area (TPSA) is 43.7 Å². The first kappa shape index (κ1) is 18.2. The summed E-state index contributed by atoms with van der Waals surface area (Å²) in [5.41, 5.74) is 0. The van der Waals surface area contributed by atoms with Crippen molar-refractivity contribution in [1.82, 2.24) is 20.4 Å². The van der Waals surface area contributed by atoms with Crippen molar-refractivity contribution in [3.05, 3.63) is 24.2 Å². The summed E-state index contributed by atoms with van der Waals surface area (Å²) in [4.78, 5) is 4.89. The summed E-state index contributed by atoms with van der Waals surface area (Å²) in [5, 5.41) is 7.27. The molecule has 6 heteroatoms. The number of hydrogen-bond acceptors (Lipinski definition) is 4. The first-order valence-corrected chi connectivity index (χ1v) is 9.46. The second kappa shape index (κ2) is 8.70. The molecule has 1 aromatic rings. The zero-order valence-corrected chi connectivity index (χ0v) is 15.7. The van der Waals surface area contributed by atoms with Crippen LogP contribution in [0.3, 0.4) is 0 Å². The average molecular weight is 361 g/mol. The van der Waals surface area contributed by atoms with Gasteiger partial charge in [0.2, 0.25) is 0 Å². The van der Waals surface area contributed by atoms with Gasteiger partial charge < -0.3 is 15.1 Å². The molecule has 0 amide bonds. The van der Waals surface area contributed by atoms with Gasteiger partial charge in [-0.3, -0.25) is 9.80 Å². The molecule has 3 aliphatic rings. The first-order valence-electron chi connectivity index (χ1n) is 9.06. The molecule has 4 atom stereocenters. The van der Waals surface area contributed by atoms with Crippen molar-refractivity contribution in [3.63, 3.8) is 0 Å². The minimum Gasteiger partial charge on any atom is -0.467 e. The van der Waals surface area contributed by atoms with E-state index in [9.17, 15) is 0 Å². The van der Waals surface area contributed by atoms with E-state index in [1.54, 1.807) is 6.26 Å². The molecule has 0 saturated carbocycles. The van der Waals surface area contributed by atoms with Crippen LogP contribution < -0.4 is 10.6 Å². The lowest BCUT2D eigenvalue weighted by Gasteiger charge is -2.50. The Bertz CT molecular complexity index is 597. The molecular formula is C19H28N4OS. The molecule has 25 heavy (non-hydrogen) atoms. The monoisotopic (exact) mass is 360 g/mol. The lowest BCUT2D eigenvalue weighted by Crippen LogP contribution is -2.58. The second-order valence-electron chi connectivity index (χ2n) is 7.24. The summed E-state index contributed by atoms with van der Waals surface area (Å²) >= 11 is 5.38. The standard InChI is InChI=1S/C19H28N4OS/c1-3-7-22(2)13-16-14-23-8-6-15(16)10-17(23)11-20-19(25)21-12-18-5-4-9-24-18/h1,4-5,9,15-17H,6-8,10-14H2,2H3,(H2,20,21,25)/t15-,16-,17+/m0/s1. The molecule has 1 aromatic heterocycles. The lowest BCUT2D eigenvalue weighted by atomic mass is 9.75. The van der Waals surface area contributed by atoms with Crippen molar-refractivity contribution < 1.29 is 4.42 Å². The van der Waals surface area contributed by atoms with Crippen LogP contribution in [0.25, 0.3) is 0 Å². The molecule has 3 aliphatic heterocycles. The Morgan fingerprint density at radius 1 is 1.52 bits per heavy atom. The van der Waals surface area contributed by atoms with Gasteiger partial charge >= 0.3 is 0 Å². The van der Waals surface area contributed by atoms with Crippen LogP contribution in [0.15, 0.2) is 22.8 Å². The van der Waals surface area contributed by atoms with Crippen LogP contribution in [-0.2, 0) is 6.54 Å². The van der Waals surface area contributed by atoms with Gasteiger partial charge in [-0.2, -0.15) is 0 Å². The molecule has 2 N–H and O–H groups in total. The van der Waals surface area contributed by atoms with Crippen molar-refractivity contribution >= 4 is 17.3 Å². The lowest BCUT2D eigenvalue weighted by molar-refractivity contribution is -0.00652.